The number of carbonyl (C=O) groups is 1. The number of rotatable bonds is 5. The largest absolute Gasteiger partial charge is 0.496 e. The summed E-state index contributed by atoms with van der Waals surface area (Å²) in [6.45, 7) is 2.14. The fraction of sp³-hybridized carbons (Fsp3) is 0.278. The second kappa shape index (κ2) is 7.98. The van der Waals surface area contributed by atoms with Gasteiger partial charge >= 0.3 is 0 Å². The lowest BCUT2D eigenvalue weighted by molar-refractivity contribution is 0.0955. The molecular formula is C18H19ClN4O2. The molecule has 1 fully saturated rings. The zero-order valence-corrected chi connectivity index (χ0v) is 14.7. The molecule has 130 valence electrons. The van der Waals surface area contributed by atoms with E-state index >= 15 is 0 Å². The van der Waals surface area contributed by atoms with Crippen molar-refractivity contribution in [3.05, 3.63) is 52.8 Å². The van der Waals surface area contributed by atoms with E-state index < -0.39 is 5.91 Å². The van der Waals surface area contributed by atoms with Crippen molar-refractivity contribution < 1.29 is 9.53 Å². The molecule has 0 radical (unpaired) electrons. The standard InChI is InChI=1S/C18H19ClN4O2/c1-25-16-11-14(23-9-2-3-10-23)7-6-13(16)12-21-22-18(24)15-5-4-8-20-17(15)19/h4-8,11-12H,2-3,9-10H2,1H3,(H,22,24). The van der Waals surface area contributed by atoms with Gasteiger partial charge in [0.2, 0.25) is 0 Å². The molecule has 1 aromatic carbocycles. The molecule has 1 amide bonds. The van der Waals surface area contributed by atoms with Crippen molar-refractivity contribution in [3.8, 4) is 5.75 Å². The van der Waals surface area contributed by atoms with Gasteiger partial charge < -0.3 is 9.64 Å². The van der Waals surface area contributed by atoms with Crippen LogP contribution in [-0.2, 0) is 0 Å². The molecule has 1 saturated heterocycles. The van der Waals surface area contributed by atoms with E-state index in [1.807, 2.05) is 18.2 Å². The number of nitrogens with one attached hydrogen (secondary N) is 1. The summed E-state index contributed by atoms with van der Waals surface area (Å²) in [5.41, 5.74) is 4.64. The van der Waals surface area contributed by atoms with Crippen LogP contribution in [0.5, 0.6) is 5.75 Å². The predicted molar refractivity (Wildman–Crippen MR) is 98.7 cm³/mol. The first-order valence-corrected chi connectivity index (χ1v) is 8.44. The first-order valence-electron chi connectivity index (χ1n) is 8.06. The number of hydrogen-bond donors (Lipinski definition) is 1. The molecule has 6 nitrogen and oxygen atoms in total. The van der Waals surface area contributed by atoms with Crippen LogP contribution in [0, 0.1) is 0 Å². The highest BCUT2D eigenvalue weighted by Crippen LogP contribution is 2.27. The predicted octanol–water partition coefficient (Wildman–Crippen LogP) is 3.11. The molecule has 0 saturated carbocycles. The minimum Gasteiger partial charge on any atom is -0.496 e. The van der Waals surface area contributed by atoms with Gasteiger partial charge in [0.1, 0.15) is 10.9 Å². The fourth-order valence-corrected chi connectivity index (χ4v) is 2.96. The Morgan fingerprint density at radius 2 is 2.16 bits per heavy atom. The van der Waals surface area contributed by atoms with E-state index in [4.69, 9.17) is 16.3 Å². The maximum absolute atomic E-state index is 12.1. The van der Waals surface area contributed by atoms with E-state index in [9.17, 15) is 4.79 Å². The quantitative estimate of drug-likeness (QED) is 0.506. The van der Waals surface area contributed by atoms with E-state index in [0.717, 1.165) is 24.3 Å². The smallest absolute Gasteiger partial charge is 0.274 e. The van der Waals surface area contributed by atoms with Crippen LogP contribution in [0.4, 0.5) is 5.69 Å². The lowest BCUT2D eigenvalue weighted by Crippen LogP contribution is -2.18. The Hall–Kier alpha value is -2.60. The molecule has 1 aliphatic rings. The highest BCUT2D eigenvalue weighted by Gasteiger charge is 2.14. The Bertz CT molecular complexity index is 788. The number of amides is 1. The Morgan fingerprint density at radius 3 is 2.88 bits per heavy atom. The van der Waals surface area contributed by atoms with Crippen LogP contribution in [0.25, 0.3) is 0 Å². The number of benzene rings is 1. The van der Waals surface area contributed by atoms with E-state index in [1.54, 1.807) is 25.5 Å². The number of hydrazone groups is 1. The van der Waals surface area contributed by atoms with Gasteiger partial charge in [-0.05, 0) is 37.1 Å². The Balaban J connectivity index is 1.70. The van der Waals surface area contributed by atoms with Gasteiger partial charge in [0, 0.05) is 36.6 Å². The van der Waals surface area contributed by atoms with Gasteiger partial charge in [-0.25, -0.2) is 10.4 Å². The highest BCUT2D eigenvalue weighted by molar-refractivity contribution is 6.32. The number of nitrogens with zero attached hydrogens (tertiary/aromatic N) is 3. The first-order chi connectivity index (χ1) is 12.2. The number of hydrogen-bond acceptors (Lipinski definition) is 5. The van der Waals surface area contributed by atoms with Crippen LogP contribution in [0.1, 0.15) is 28.8 Å². The summed E-state index contributed by atoms with van der Waals surface area (Å²) in [7, 11) is 1.62. The molecule has 0 bridgehead atoms. The van der Waals surface area contributed by atoms with Gasteiger partial charge in [0.25, 0.3) is 5.91 Å². The molecule has 25 heavy (non-hydrogen) atoms. The molecule has 1 aromatic heterocycles. The molecule has 1 aliphatic heterocycles. The fourth-order valence-electron chi connectivity index (χ4n) is 2.75. The summed E-state index contributed by atoms with van der Waals surface area (Å²) in [6.07, 6.45) is 5.51. The summed E-state index contributed by atoms with van der Waals surface area (Å²) >= 11 is 5.89. The summed E-state index contributed by atoms with van der Waals surface area (Å²) in [5, 5.41) is 4.13. The third kappa shape index (κ3) is 4.09. The Morgan fingerprint density at radius 1 is 1.36 bits per heavy atom. The van der Waals surface area contributed by atoms with Gasteiger partial charge in [-0.1, -0.05) is 11.6 Å². The summed E-state index contributed by atoms with van der Waals surface area (Å²) in [6, 6.07) is 9.19. The van der Waals surface area contributed by atoms with Crippen LogP contribution in [0.15, 0.2) is 41.6 Å². The van der Waals surface area contributed by atoms with Crippen LogP contribution in [0.2, 0.25) is 5.15 Å². The second-order valence-electron chi connectivity index (χ2n) is 5.66. The van der Waals surface area contributed by atoms with Crippen LogP contribution in [0.3, 0.4) is 0 Å². The van der Waals surface area contributed by atoms with Crippen molar-refractivity contribution in [1.82, 2.24) is 10.4 Å². The molecule has 0 unspecified atom stereocenters. The number of aromatic nitrogens is 1. The van der Waals surface area contributed by atoms with Crippen LogP contribution >= 0.6 is 11.6 Å². The van der Waals surface area contributed by atoms with Crippen LogP contribution < -0.4 is 15.1 Å². The lowest BCUT2D eigenvalue weighted by atomic mass is 10.2. The normalized spacial score (nSPS) is 14.1. The minimum atomic E-state index is -0.415. The number of anilines is 1. The highest BCUT2D eigenvalue weighted by atomic mass is 35.5. The average Bonchev–Trinajstić information content (AvgIpc) is 3.17. The van der Waals surface area contributed by atoms with Crippen LogP contribution in [-0.4, -0.2) is 37.3 Å². The third-order valence-electron chi connectivity index (χ3n) is 4.06. The number of halogens is 1. The van der Waals surface area contributed by atoms with E-state index in [0.29, 0.717) is 5.75 Å². The van der Waals surface area contributed by atoms with Crippen molar-refractivity contribution in [2.24, 2.45) is 5.10 Å². The van der Waals surface area contributed by atoms with Crippen molar-refractivity contribution in [2.45, 2.75) is 12.8 Å². The van der Waals surface area contributed by atoms with Crippen molar-refractivity contribution >= 4 is 29.4 Å². The first kappa shape index (κ1) is 17.2. The van der Waals surface area contributed by atoms with Gasteiger partial charge in [0.05, 0.1) is 18.9 Å². The molecule has 0 spiro atoms. The molecule has 1 N–H and O–H groups in total. The summed E-state index contributed by atoms with van der Waals surface area (Å²) in [5.74, 6) is 0.295. The zero-order valence-electron chi connectivity index (χ0n) is 13.9. The summed E-state index contributed by atoms with van der Waals surface area (Å²) < 4.78 is 5.45. The number of ether oxygens (including phenoxy) is 1. The number of carbonyl (C=O) groups excluding carboxylic acids is 1. The molecule has 3 rings (SSSR count). The van der Waals surface area contributed by atoms with E-state index in [1.165, 1.54) is 19.0 Å². The number of pyridine rings is 1. The number of methoxy groups -OCH3 is 1. The maximum Gasteiger partial charge on any atom is 0.274 e. The maximum atomic E-state index is 12.1. The average molecular weight is 359 g/mol. The monoisotopic (exact) mass is 358 g/mol. The Labute approximate surface area is 151 Å². The summed E-state index contributed by atoms with van der Waals surface area (Å²) in [4.78, 5) is 18.2. The molecular weight excluding hydrogens is 340 g/mol. The van der Waals surface area contributed by atoms with Gasteiger partial charge in [-0.15, -0.1) is 0 Å². The van der Waals surface area contributed by atoms with E-state index in [2.05, 4.69) is 20.4 Å². The van der Waals surface area contributed by atoms with Crippen molar-refractivity contribution in [3.63, 3.8) is 0 Å². The molecule has 0 aliphatic carbocycles. The third-order valence-corrected chi connectivity index (χ3v) is 4.36. The topological polar surface area (TPSA) is 66.8 Å². The molecule has 7 heteroatoms. The molecule has 2 aromatic rings. The molecule has 2 heterocycles. The minimum absolute atomic E-state index is 0.141. The second-order valence-corrected chi connectivity index (χ2v) is 6.02. The lowest BCUT2D eigenvalue weighted by Gasteiger charge is -2.18. The van der Waals surface area contributed by atoms with Gasteiger partial charge in [-0.3, -0.25) is 4.79 Å². The zero-order chi connectivity index (χ0) is 17.6. The van der Waals surface area contributed by atoms with Gasteiger partial charge in [0.15, 0.2) is 0 Å². The van der Waals surface area contributed by atoms with Gasteiger partial charge in [-0.2, -0.15) is 5.10 Å². The Kier molecular flexibility index (Phi) is 5.50. The molecule has 0 atom stereocenters. The van der Waals surface area contributed by atoms with Crippen molar-refractivity contribution in [1.29, 1.82) is 0 Å². The SMILES string of the molecule is COc1cc(N2CCCC2)ccc1C=NNC(=O)c1cccnc1Cl. The van der Waals surface area contributed by atoms with E-state index in [-0.39, 0.29) is 10.7 Å². The van der Waals surface area contributed by atoms with Crippen molar-refractivity contribution in [2.75, 3.05) is 25.1 Å².